The molecule has 1 nitrogen and oxygen atoms in total. The molecule has 1 aliphatic carbocycles. The van der Waals surface area contributed by atoms with E-state index < -0.39 is 0 Å². The zero-order chi connectivity index (χ0) is 13.4. The maximum atomic E-state index is 3.96. The second kappa shape index (κ2) is 5.16. The zero-order valence-electron chi connectivity index (χ0n) is 12.0. The highest BCUT2D eigenvalue weighted by Crippen LogP contribution is 2.46. The lowest BCUT2D eigenvalue weighted by Crippen LogP contribution is -2.48. The van der Waals surface area contributed by atoms with Crippen LogP contribution in [0, 0.1) is 5.92 Å². The molecule has 2 heteroatoms. The van der Waals surface area contributed by atoms with Gasteiger partial charge in [-0.05, 0) is 67.0 Å². The second-order valence-electron chi connectivity index (χ2n) is 6.60. The van der Waals surface area contributed by atoms with Crippen LogP contribution in [0.3, 0.4) is 0 Å². The molecule has 1 N–H and O–H groups in total. The van der Waals surface area contributed by atoms with Gasteiger partial charge in [0.05, 0.1) is 0 Å². The number of thiophene rings is 1. The van der Waals surface area contributed by atoms with Crippen molar-refractivity contribution in [2.75, 3.05) is 6.54 Å². The third-order valence-corrected chi connectivity index (χ3v) is 6.21. The summed E-state index contributed by atoms with van der Waals surface area (Å²) in [6, 6.07) is 8.90. The number of hydrogen-bond acceptors (Lipinski definition) is 2. The largest absolute Gasteiger partial charge is 0.311 e. The minimum Gasteiger partial charge on any atom is -0.311 e. The van der Waals surface area contributed by atoms with Crippen LogP contribution in [0.5, 0.6) is 0 Å². The molecule has 0 radical (unpaired) electrons. The van der Waals surface area contributed by atoms with Gasteiger partial charge in [-0.25, -0.2) is 0 Å². The van der Waals surface area contributed by atoms with Crippen LogP contribution in [-0.4, -0.2) is 12.1 Å². The lowest BCUT2D eigenvalue weighted by atomic mass is 9.82. The van der Waals surface area contributed by atoms with Crippen molar-refractivity contribution >= 4 is 21.4 Å². The van der Waals surface area contributed by atoms with Crippen molar-refractivity contribution in [3.05, 3.63) is 35.2 Å². The standard InChI is InChI=1S/C18H23NS/c1-4-10-18(15-8-9-15,19-11-5-1)12-14-13-20-17-7-3-2-6-16(14)17/h2-3,6-7,13,15,19H,1,4-5,8-12H2. The SMILES string of the molecule is c1ccc2c(CC3(C4CC4)CCCCCN3)csc2c1. The molecule has 2 aliphatic rings. The summed E-state index contributed by atoms with van der Waals surface area (Å²) in [5.74, 6) is 0.930. The molecule has 1 saturated carbocycles. The molecule has 106 valence electrons. The van der Waals surface area contributed by atoms with Crippen molar-refractivity contribution in [3.8, 4) is 0 Å². The van der Waals surface area contributed by atoms with Crippen molar-refractivity contribution in [1.82, 2.24) is 5.32 Å². The lowest BCUT2D eigenvalue weighted by molar-refractivity contribution is 0.272. The molecule has 1 saturated heterocycles. The van der Waals surface area contributed by atoms with Crippen LogP contribution in [0.4, 0.5) is 0 Å². The Hall–Kier alpha value is -0.860. The summed E-state index contributed by atoms with van der Waals surface area (Å²) in [6.07, 6.45) is 9.67. The number of hydrogen-bond donors (Lipinski definition) is 1. The minimum atomic E-state index is 0.403. The highest BCUT2D eigenvalue weighted by molar-refractivity contribution is 7.17. The van der Waals surface area contributed by atoms with Crippen LogP contribution in [0.15, 0.2) is 29.6 Å². The summed E-state index contributed by atoms with van der Waals surface area (Å²) in [7, 11) is 0. The van der Waals surface area contributed by atoms with Gasteiger partial charge in [0.25, 0.3) is 0 Å². The molecule has 1 atom stereocenters. The van der Waals surface area contributed by atoms with Crippen LogP contribution in [-0.2, 0) is 6.42 Å². The minimum absolute atomic E-state index is 0.403. The van der Waals surface area contributed by atoms with Gasteiger partial charge in [0, 0.05) is 10.2 Å². The fourth-order valence-electron chi connectivity index (χ4n) is 3.96. The van der Waals surface area contributed by atoms with E-state index in [-0.39, 0.29) is 0 Å². The molecule has 2 heterocycles. The summed E-state index contributed by atoms with van der Waals surface area (Å²) in [5, 5.41) is 7.86. The van der Waals surface area contributed by atoms with Crippen LogP contribution < -0.4 is 5.32 Å². The number of benzene rings is 1. The van der Waals surface area contributed by atoms with Gasteiger partial charge in [-0.15, -0.1) is 11.3 Å². The molecule has 1 aliphatic heterocycles. The van der Waals surface area contributed by atoms with Gasteiger partial charge < -0.3 is 5.32 Å². The number of rotatable bonds is 3. The molecule has 0 bridgehead atoms. The van der Waals surface area contributed by atoms with Crippen LogP contribution in [0.2, 0.25) is 0 Å². The van der Waals surface area contributed by atoms with Gasteiger partial charge in [0.15, 0.2) is 0 Å². The maximum Gasteiger partial charge on any atom is 0.0345 e. The summed E-state index contributed by atoms with van der Waals surface area (Å²) in [5.41, 5.74) is 1.98. The molecule has 2 fully saturated rings. The molecule has 1 aromatic heterocycles. The fraction of sp³-hybridized carbons (Fsp3) is 0.556. The highest BCUT2D eigenvalue weighted by atomic mass is 32.1. The Balaban J connectivity index is 1.67. The molecular formula is C18H23NS. The number of nitrogens with one attached hydrogen (secondary N) is 1. The summed E-state index contributed by atoms with van der Waals surface area (Å²) >= 11 is 1.91. The van der Waals surface area contributed by atoms with E-state index in [9.17, 15) is 0 Å². The third-order valence-electron chi connectivity index (χ3n) is 5.20. The van der Waals surface area contributed by atoms with Crippen molar-refractivity contribution < 1.29 is 0 Å². The molecule has 20 heavy (non-hydrogen) atoms. The predicted octanol–water partition coefficient (Wildman–Crippen LogP) is 4.76. The van der Waals surface area contributed by atoms with E-state index in [1.54, 1.807) is 5.56 Å². The van der Waals surface area contributed by atoms with Crippen molar-refractivity contribution in [3.63, 3.8) is 0 Å². The molecule has 4 rings (SSSR count). The topological polar surface area (TPSA) is 12.0 Å². The normalized spacial score (nSPS) is 27.6. The maximum absolute atomic E-state index is 3.96. The van der Waals surface area contributed by atoms with E-state index in [2.05, 4.69) is 35.0 Å². The van der Waals surface area contributed by atoms with Gasteiger partial charge in [-0.3, -0.25) is 0 Å². The number of fused-ring (bicyclic) bond motifs is 1. The van der Waals surface area contributed by atoms with Crippen molar-refractivity contribution in [2.45, 2.75) is 50.5 Å². The summed E-state index contributed by atoms with van der Waals surface area (Å²) in [4.78, 5) is 0. The predicted molar refractivity (Wildman–Crippen MR) is 87.5 cm³/mol. The first-order valence-corrected chi connectivity index (χ1v) is 8.95. The first-order valence-electron chi connectivity index (χ1n) is 8.08. The van der Waals surface area contributed by atoms with Crippen LogP contribution >= 0.6 is 11.3 Å². The fourth-order valence-corrected chi connectivity index (χ4v) is 4.92. The Morgan fingerprint density at radius 3 is 2.95 bits per heavy atom. The monoisotopic (exact) mass is 285 g/mol. The molecular weight excluding hydrogens is 262 g/mol. The van der Waals surface area contributed by atoms with Gasteiger partial charge >= 0.3 is 0 Å². The van der Waals surface area contributed by atoms with E-state index in [0.29, 0.717) is 5.54 Å². The Morgan fingerprint density at radius 1 is 1.15 bits per heavy atom. The van der Waals surface area contributed by atoms with Crippen molar-refractivity contribution in [1.29, 1.82) is 0 Å². The highest BCUT2D eigenvalue weighted by Gasteiger charge is 2.45. The van der Waals surface area contributed by atoms with E-state index in [1.807, 2.05) is 11.3 Å². The Morgan fingerprint density at radius 2 is 2.05 bits per heavy atom. The second-order valence-corrected chi connectivity index (χ2v) is 7.51. The van der Waals surface area contributed by atoms with Gasteiger partial charge in [-0.1, -0.05) is 31.0 Å². The average molecular weight is 285 g/mol. The smallest absolute Gasteiger partial charge is 0.0345 e. The average Bonchev–Trinajstić information content (AvgIpc) is 3.27. The zero-order valence-corrected chi connectivity index (χ0v) is 12.8. The van der Waals surface area contributed by atoms with Gasteiger partial charge in [0.2, 0.25) is 0 Å². The van der Waals surface area contributed by atoms with E-state index in [0.717, 1.165) is 5.92 Å². The van der Waals surface area contributed by atoms with E-state index in [1.165, 1.54) is 61.6 Å². The quantitative estimate of drug-likeness (QED) is 0.857. The Kier molecular flexibility index (Phi) is 3.31. The molecule has 0 spiro atoms. The molecule has 1 unspecified atom stereocenters. The molecule has 0 amide bonds. The summed E-state index contributed by atoms with van der Waals surface area (Å²) in [6.45, 7) is 1.22. The Labute approximate surface area is 125 Å². The summed E-state index contributed by atoms with van der Waals surface area (Å²) < 4.78 is 1.45. The third kappa shape index (κ3) is 2.29. The molecule has 1 aromatic carbocycles. The van der Waals surface area contributed by atoms with Gasteiger partial charge in [-0.2, -0.15) is 0 Å². The first-order chi connectivity index (χ1) is 9.87. The van der Waals surface area contributed by atoms with E-state index in [4.69, 9.17) is 0 Å². The van der Waals surface area contributed by atoms with Crippen molar-refractivity contribution in [2.24, 2.45) is 5.92 Å². The van der Waals surface area contributed by atoms with Crippen LogP contribution in [0.1, 0.15) is 44.1 Å². The van der Waals surface area contributed by atoms with Gasteiger partial charge in [0.1, 0.15) is 0 Å². The first kappa shape index (κ1) is 12.8. The molecule has 2 aromatic rings. The van der Waals surface area contributed by atoms with E-state index >= 15 is 0 Å². The van der Waals surface area contributed by atoms with Crippen LogP contribution in [0.25, 0.3) is 10.1 Å². The lowest BCUT2D eigenvalue weighted by Gasteiger charge is -2.34. The Bertz CT molecular complexity index is 588.